The van der Waals surface area contributed by atoms with Gasteiger partial charge in [-0.1, -0.05) is 36.2 Å². The lowest BCUT2D eigenvalue weighted by Crippen LogP contribution is -2.18. The molecule has 0 heterocycles. The highest BCUT2D eigenvalue weighted by molar-refractivity contribution is 6.36. The minimum absolute atomic E-state index is 0.270. The Hall–Kier alpha value is -0.710. The minimum atomic E-state index is -0.270. The fourth-order valence-corrected chi connectivity index (χ4v) is 3.27. The van der Waals surface area contributed by atoms with E-state index in [1.807, 2.05) is 18.2 Å². The molecule has 2 rings (SSSR count). The number of hydrogen-bond acceptors (Lipinski definition) is 1. The lowest BCUT2D eigenvalue weighted by atomic mass is 9.81. The molecule has 1 nitrogen and oxygen atoms in total. The molecule has 1 saturated carbocycles. The first kappa shape index (κ1) is 12.7. The molecule has 0 bridgehead atoms. The Kier molecular flexibility index (Phi) is 3.66. The van der Waals surface area contributed by atoms with E-state index < -0.39 is 0 Å². The van der Waals surface area contributed by atoms with Gasteiger partial charge >= 0.3 is 0 Å². The maximum Gasteiger partial charge on any atom is 0.0693 e. The Morgan fingerprint density at radius 2 is 2.06 bits per heavy atom. The van der Waals surface area contributed by atoms with Crippen LogP contribution in [0.15, 0.2) is 18.2 Å². The fraction of sp³-hybridized carbons (Fsp3) is 0.500. The highest BCUT2D eigenvalue weighted by atomic mass is 35.5. The van der Waals surface area contributed by atoms with Crippen molar-refractivity contribution >= 4 is 23.2 Å². The second kappa shape index (κ2) is 4.88. The molecule has 2 atom stereocenters. The quantitative estimate of drug-likeness (QED) is 0.750. The molecule has 2 unspecified atom stereocenters. The molecule has 0 spiro atoms. The summed E-state index contributed by atoms with van der Waals surface area (Å²) >= 11 is 12.3. The molecule has 0 saturated heterocycles. The van der Waals surface area contributed by atoms with Gasteiger partial charge in [0, 0.05) is 10.0 Å². The molecule has 3 heteroatoms. The van der Waals surface area contributed by atoms with Gasteiger partial charge in [-0.2, -0.15) is 5.26 Å². The highest BCUT2D eigenvalue weighted by Crippen LogP contribution is 2.45. The minimum Gasteiger partial charge on any atom is -0.198 e. The molecule has 1 aliphatic rings. The van der Waals surface area contributed by atoms with Crippen molar-refractivity contribution in [3.8, 4) is 6.07 Å². The summed E-state index contributed by atoms with van der Waals surface area (Å²) < 4.78 is 0. The predicted molar refractivity (Wildman–Crippen MR) is 71.2 cm³/mol. The zero-order valence-corrected chi connectivity index (χ0v) is 11.4. The zero-order valence-electron chi connectivity index (χ0n) is 9.84. The molecular weight excluding hydrogens is 253 g/mol. The van der Waals surface area contributed by atoms with E-state index in [1.165, 1.54) is 0 Å². The van der Waals surface area contributed by atoms with Crippen LogP contribution < -0.4 is 0 Å². The Morgan fingerprint density at radius 3 is 2.53 bits per heavy atom. The van der Waals surface area contributed by atoms with Crippen molar-refractivity contribution < 1.29 is 0 Å². The number of hydrogen-bond donors (Lipinski definition) is 0. The van der Waals surface area contributed by atoms with E-state index in [-0.39, 0.29) is 5.41 Å². The van der Waals surface area contributed by atoms with Gasteiger partial charge in [-0.3, -0.25) is 0 Å². The molecule has 0 aliphatic heterocycles. The molecule has 1 fully saturated rings. The van der Waals surface area contributed by atoms with Gasteiger partial charge in [0.1, 0.15) is 0 Å². The van der Waals surface area contributed by atoms with Crippen LogP contribution in [0.5, 0.6) is 0 Å². The third-order valence-electron chi connectivity index (χ3n) is 3.67. The summed E-state index contributed by atoms with van der Waals surface area (Å²) in [5, 5.41) is 10.8. The maximum absolute atomic E-state index is 9.44. The van der Waals surface area contributed by atoms with Gasteiger partial charge in [-0.25, -0.2) is 0 Å². The van der Waals surface area contributed by atoms with E-state index in [0.29, 0.717) is 22.4 Å². The molecule has 90 valence electrons. The average Bonchev–Trinajstić information content (AvgIpc) is 2.67. The Labute approximate surface area is 112 Å². The molecule has 1 aromatic carbocycles. The van der Waals surface area contributed by atoms with Gasteiger partial charge < -0.3 is 0 Å². The van der Waals surface area contributed by atoms with Crippen LogP contribution in [0.1, 0.15) is 31.7 Å². The first-order valence-corrected chi connectivity index (χ1v) is 6.66. The van der Waals surface area contributed by atoms with Crippen molar-refractivity contribution in [2.75, 3.05) is 0 Å². The molecule has 0 radical (unpaired) electrons. The molecule has 17 heavy (non-hydrogen) atoms. The first-order chi connectivity index (χ1) is 8.06. The second-order valence-electron chi connectivity index (χ2n) is 5.12. The van der Waals surface area contributed by atoms with Crippen molar-refractivity contribution in [2.45, 2.75) is 32.6 Å². The summed E-state index contributed by atoms with van der Waals surface area (Å²) in [6.45, 7) is 2.20. The highest BCUT2D eigenvalue weighted by Gasteiger charge is 2.38. The number of rotatable bonds is 2. The Morgan fingerprint density at radius 1 is 1.41 bits per heavy atom. The topological polar surface area (TPSA) is 23.8 Å². The summed E-state index contributed by atoms with van der Waals surface area (Å²) in [5.41, 5.74) is 0.653. The summed E-state index contributed by atoms with van der Waals surface area (Å²) in [4.78, 5) is 0. The maximum atomic E-state index is 9.44. The van der Waals surface area contributed by atoms with Crippen LogP contribution in [0.2, 0.25) is 10.0 Å². The molecule has 0 amide bonds. The largest absolute Gasteiger partial charge is 0.198 e. The average molecular weight is 268 g/mol. The summed E-state index contributed by atoms with van der Waals surface area (Å²) in [6.07, 6.45) is 3.69. The number of nitriles is 1. The third-order valence-corrected chi connectivity index (χ3v) is 4.38. The number of halogens is 2. The predicted octanol–water partition coefficient (Wildman–Crippen LogP) is 4.87. The summed E-state index contributed by atoms with van der Waals surface area (Å²) in [5.74, 6) is 0.621. The van der Waals surface area contributed by atoms with Crippen LogP contribution in [0, 0.1) is 22.7 Å². The van der Waals surface area contributed by atoms with Crippen molar-refractivity contribution in [3.05, 3.63) is 33.8 Å². The van der Waals surface area contributed by atoms with Crippen LogP contribution in [-0.4, -0.2) is 0 Å². The van der Waals surface area contributed by atoms with Crippen LogP contribution in [0.3, 0.4) is 0 Å². The van der Waals surface area contributed by atoms with E-state index >= 15 is 0 Å². The number of nitrogens with zero attached hydrogens (tertiary/aromatic N) is 1. The monoisotopic (exact) mass is 267 g/mol. The van der Waals surface area contributed by atoms with Gasteiger partial charge in [0.25, 0.3) is 0 Å². The third kappa shape index (κ3) is 2.59. The second-order valence-corrected chi connectivity index (χ2v) is 5.93. The SMILES string of the molecule is CC1CCC(C#N)(Cc2c(Cl)cccc2Cl)C1. The van der Waals surface area contributed by atoms with Crippen molar-refractivity contribution in [2.24, 2.45) is 11.3 Å². The standard InChI is InChI=1S/C14H15Cl2N/c1-10-5-6-14(7-10,9-17)8-11-12(15)3-2-4-13(11)16/h2-4,10H,5-8H2,1H3. The van der Waals surface area contributed by atoms with Crippen LogP contribution in [0.4, 0.5) is 0 Å². The molecule has 1 aliphatic carbocycles. The zero-order chi connectivity index (χ0) is 12.5. The summed E-state index contributed by atoms with van der Waals surface area (Å²) in [6, 6.07) is 8.01. The van der Waals surface area contributed by atoms with E-state index in [4.69, 9.17) is 23.2 Å². The molecular formula is C14H15Cl2N. The molecule has 0 N–H and O–H groups in total. The van der Waals surface area contributed by atoms with Crippen LogP contribution >= 0.6 is 23.2 Å². The van der Waals surface area contributed by atoms with E-state index in [0.717, 1.165) is 24.8 Å². The fourth-order valence-electron chi connectivity index (χ4n) is 2.74. The molecule has 1 aromatic rings. The Balaban J connectivity index is 2.29. The lowest BCUT2D eigenvalue weighted by Gasteiger charge is -2.22. The van der Waals surface area contributed by atoms with E-state index in [9.17, 15) is 5.26 Å². The number of benzene rings is 1. The van der Waals surface area contributed by atoms with E-state index in [2.05, 4.69) is 13.0 Å². The van der Waals surface area contributed by atoms with Crippen LogP contribution in [-0.2, 0) is 6.42 Å². The van der Waals surface area contributed by atoms with Crippen LogP contribution in [0.25, 0.3) is 0 Å². The Bertz CT molecular complexity index is 444. The smallest absolute Gasteiger partial charge is 0.0693 e. The first-order valence-electron chi connectivity index (χ1n) is 5.90. The molecule has 0 aromatic heterocycles. The van der Waals surface area contributed by atoms with Crippen molar-refractivity contribution in [1.82, 2.24) is 0 Å². The van der Waals surface area contributed by atoms with Gasteiger partial charge in [-0.05, 0) is 49.3 Å². The normalized spacial score (nSPS) is 28.0. The van der Waals surface area contributed by atoms with Gasteiger partial charge in [0.05, 0.1) is 11.5 Å². The van der Waals surface area contributed by atoms with Gasteiger partial charge in [0.15, 0.2) is 0 Å². The van der Waals surface area contributed by atoms with E-state index in [1.54, 1.807) is 0 Å². The lowest BCUT2D eigenvalue weighted by molar-refractivity contribution is 0.391. The van der Waals surface area contributed by atoms with Gasteiger partial charge in [0.2, 0.25) is 0 Å². The van der Waals surface area contributed by atoms with Crippen molar-refractivity contribution in [1.29, 1.82) is 5.26 Å². The summed E-state index contributed by atoms with van der Waals surface area (Å²) in [7, 11) is 0. The van der Waals surface area contributed by atoms with Crippen molar-refractivity contribution in [3.63, 3.8) is 0 Å². The van der Waals surface area contributed by atoms with Gasteiger partial charge in [-0.15, -0.1) is 0 Å².